The highest BCUT2D eigenvalue weighted by Gasteiger charge is 2.52. The summed E-state index contributed by atoms with van der Waals surface area (Å²) in [5, 5.41) is 45.3. The second-order valence-corrected chi connectivity index (χ2v) is 21.1. The standard InChI is InChI=1S/C51H102O2S.C5H12O4/c1-5-9-13-17-21-25-29-33-37-41-45-50(49(52)53,46-42-38-34-30-26-22-18-14-10-6-2)51(54,47-43-39-35-31-27-23-19-15-11-7-3)48-44-40-36-32-28-24-20-16-12-8-4;6-1-5(2-7,3-8)4-9/h54H,5-48H2,1-4H3,(H,52,53);6-9H,1-4H2. The zero-order chi connectivity index (χ0) is 47.0. The second-order valence-electron chi connectivity index (χ2n) is 20.3. The molecule has 63 heavy (non-hydrogen) atoms. The second kappa shape index (κ2) is 48.1. The van der Waals surface area contributed by atoms with E-state index in [-0.39, 0.29) is 0 Å². The van der Waals surface area contributed by atoms with Crippen LogP contribution in [0.25, 0.3) is 0 Å². The van der Waals surface area contributed by atoms with Gasteiger partial charge in [0.15, 0.2) is 0 Å². The SMILES string of the molecule is CCCCCCCCCCCCC(S)(CCCCCCCCCCCC)C(CCCCCCCCCCCC)(CCCCCCCCCCCC)C(=O)O.OCC(CO)(CO)CO. The van der Waals surface area contributed by atoms with Gasteiger partial charge >= 0.3 is 5.97 Å². The maximum atomic E-state index is 13.8. The first-order valence-corrected chi connectivity index (χ1v) is 28.5. The monoisotopic (exact) mass is 915 g/mol. The number of hydrogen-bond acceptors (Lipinski definition) is 6. The van der Waals surface area contributed by atoms with Crippen molar-refractivity contribution in [1.29, 1.82) is 0 Å². The number of hydrogen-bond donors (Lipinski definition) is 6. The number of carbonyl (C=O) groups is 1. The average molecular weight is 916 g/mol. The van der Waals surface area contributed by atoms with E-state index in [0.717, 1.165) is 51.4 Å². The number of aliphatic hydroxyl groups excluding tert-OH is 4. The lowest BCUT2D eigenvalue weighted by Crippen LogP contribution is -2.50. The third kappa shape index (κ3) is 35.5. The first-order chi connectivity index (χ1) is 30.7. The van der Waals surface area contributed by atoms with E-state index in [1.165, 1.54) is 231 Å². The summed E-state index contributed by atoms with van der Waals surface area (Å²) in [7, 11) is 0. The molecule has 0 aromatic rings. The maximum absolute atomic E-state index is 13.8. The maximum Gasteiger partial charge on any atom is 0.311 e. The summed E-state index contributed by atoms with van der Waals surface area (Å²) < 4.78 is -0.405. The summed E-state index contributed by atoms with van der Waals surface area (Å²) in [6.07, 6.45) is 56.1. The highest BCUT2D eigenvalue weighted by Crippen LogP contribution is 2.52. The van der Waals surface area contributed by atoms with E-state index in [4.69, 9.17) is 33.1 Å². The largest absolute Gasteiger partial charge is 0.481 e. The van der Waals surface area contributed by atoms with E-state index in [0.29, 0.717) is 0 Å². The molecule has 7 heteroatoms. The Hall–Kier alpha value is -0.340. The minimum Gasteiger partial charge on any atom is -0.481 e. The molecule has 6 nitrogen and oxygen atoms in total. The lowest BCUT2D eigenvalue weighted by Gasteiger charge is -2.46. The smallest absolute Gasteiger partial charge is 0.311 e. The summed E-state index contributed by atoms with van der Waals surface area (Å²) in [6.45, 7) is 7.56. The van der Waals surface area contributed by atoms with Gasteiger partial charge in [0, 0.05) is 4.75 Å². The van der Waals surface area contributed by atoms with Gasteiger partial charge in [0.05, 0.1) is 37.3 Å². The molecule has 0 spiro atoms. The number of aliphatic carboxylic acids is 1. The molecule has 0 atom stereocenters. The van der Waals surface area contributed by atoms with Crippen LogP contribution in [0.15, 0.2) is 0 Å². The molecule has 380 valence electrons. The average Bonchev–Trinajstić information content (AvgIpc) is 3.29. The minimum absolute atomic E-state index is 0.405. The molecule has 0 rings (SSSR count). The fourth-order valence-electron chi connectivity index (χ4n) is 9.55. The number of rotatable bonds is 50. The van der Waals surface area contributed by atoms with Gasteiger partial charge in [-0.25, -0.2) is 0 Å². The van der Waals surface area contributed by atoms with Gasteiger partial charge in [-0.1, -0.05) is 285 Å². The van der Waals surface area contributed by atoms with Crippen LogP contribution in [0, 0.1) is 10.8 Å². The predicted octanol–water partition coefficient (Wildman–Crippen LogP) is 16.9. The van der Waals surface area contributed by atoms with E-state index in [2.05, 4.69) is 27.7 Å². The van der Waals surface area contributed by atoms with Crippen molar-refractivity contribution >= 4 is 18.6 Å². The van der Waals surface area contributed by atoms with Gasteiger partial charge < -0.3 is 25.5 Å². The molecule has 0 radical (unpaired) electrons. The molecule has 0 saturated carbocycles. The molecule has 0 unspecified atom stereocenters. The van der Waals surface area contributed by atoms with Crippen LogP contribution in [-0.2, 0) is 4.79 Å². The summed E-state index contributed by atoms with van der Waals surface area (Å²) in [5.74, 6) is -0.525. The van der Waals surface area contributed by atoms with Crippen molar-refractivity contribution in [3.05, 3.63) is 0 Å². The van der Waals surface area contributed by atoms with E-state index in [1.807, 2.05) is 0 Å². The van der Waals surface area contributed by atoms with Crippen molar-refractivity contribution in [2.75, 3.05) is 26.4 Å². The Morgan fingerprint density at radius 2 is 0.492 bits per heavy atom. The highest BCUT2D eigenvalue weighted by atomic mass is 32.1. The molecule has 0 aliphatic carbocycles. The van der Waals surface area contributed by atoms with Gasteiger partial charge in [-0.3, -0.25) is 4.79 Å². The van der Waals surface area contributed by atoms with E-state index >= 15 is 0 Å². The molecule has 0 amide bonds. The number of aliphatic hydroxyl groups is 4. The topological polar surface area (TPSA) is 118 Å². The molecule has 0 aliphatic rings. The fraction of sp³-hybridized carbons (Fsp3) is 0.982. The first kappa shape index (κ1) is 64.7. The molecular weight excluding hydrogens is 801 g/mol. The van der Waals surface area contributed by atoms with Gasteiger partial charge in [-0.2, -0.15) is 12.6 Å². The lowest BCUT2D eigenvalue weighted by molar-refractivity contribution is -0.153. The number of carboxylic acid groups (broad SMARTS) is 1. The molecule has 0 heterocycles. The molecule has 0 aromatic heterocycles. The number of thiol groups is 1. The summed E-state index contributed by atoms with van der Waals surface area (Å²) >= 11 is 5.64. The number of carboxylic acids is 1. The Bertz CT molecular complexity index is 845. The zero-order valence-corrected chi connectivity index (χ0v) is 43.9. The van der Waals surface area contributed by atoms with Crippen molar-refractivity contribution in [3.63, 3.8) is 0 Å². The van der Waals surface area contributed by atoms with E-state index in [9.17, 15) is 9.90 Å². The molecule has 5 N–H and O–H groups in total. The Labute approximate surface area is 399 Å². The Kier molecular flexibility index (Phi) is 49.5. The van der Waals surface area contributed by atoms with Crippen LogP contribution in [-0.4, -0.2) is 62.7 Å². The van der Waals surface area contributed by atoms with Crippen LogP contribution in [0.4, 0.5) is 0 Å². The van der Waals surface area contributed by atoms with Crippen LogP contribution in [0.1, 0.15) is 310 Å². The lowest BCUT2D eigenvalue weighted by atomic mass is 9.64. The molecule has 0 aromatic carbocycles. The summed E-state index contributed by atoms with van der Waals surface area (Å²) in [4.78, 5) is 13.8. The van der Waals surface area contributed by atoms with Gasteiger partial charge in [0.1, 0.15) is 0 Å². The van der Waals surface area contributed by atoms with Crippen molar-refractivity contribution < 1.29 is 30.3 Å². The highest BCUT2D eigenvalue weighted by molar-refractivity contribution is 7.81. The third-order valence-electron chi connectivity index (χ3n) is 14.4. The Morgan fingerprint density at radius 1 is 0.317 bits per heavy atom. The molecule has 0 fully saturated rings. The quantitative estimate of drug-likeness (QED) is 0.0267. The predicted molar refractivity (Wildman–Crippen MR) is 278 cm³/mol. The van der Waals surface area contributed by atoms with E-state index in [1.54, 1.807) is 0 Å². The van der Waals surface area contributed by atoms with Gasteiger partial charge in [0.2, 0.25) is 0 Å². The molecule has 0 aliphatic heterocycles. The Balaban J connectivity index is 0. The summed E-state index contributed by atoms with van der Waals surface area (Å²) in [6, 6.07) is 0. The van der Waals surface area contributed by atoms with Crippen LogP contribution >= 0.6 is 12.6 Å². The number of unbranched alkanes of at least 4 members (excludes halogenated alkanes) is 36. The molecule has 0 bridgehead atoms. The molecular formula is C56H114O6S. The Morgan fingerprint density at radius 3 is 0.651 bits per heavy atom. The first-order valence-electron chi connectivity index (χ1n) is 28.1. The summed E-state index contributed by atoms with van der Waals surface area (Å²) in [5.41, 5.74) is -1.81. The van der Waals surface area contributed by atoms with Crippen LogP contribution in [0.2, 0.25) is 0 Å². The minimum atomic E-state index is -1.11. The van der Waals surface area contributed by atoms with Crippen molar-refractivity contribution in [3.8, 4) is 0 Å². The van der Waals surface area contributed by atoms with Crippen LogP contribution < -0.4 is 0 Å². The van der Waals surface area contributed by atoms with Crippen molar-refractivity contribution in [2.45, 2.75) is 315 Å². The van der Waals surface area contributed by atoms with Gasteiger partial charge in [-0.05, 0) is 25.7 Å². The van der Waals surface area contributed by atoms with E-state index < -0.39 is 48.0 Å². The van der Waals surface area contributed by atoms with Crippen molar-refractivity contribution in [2.24, 2.45) is 10.8 Å². The third-order valence-corrected chi connectivity index (χ3v) is 15.3. The normalized spacial score (nSPS) is 12.2. The van der Waals surface area contributed by atoms with Crippen LogP contribution in [0.3, 0.4) is 0 Å². The zero-order valence-electron chi connectivity index (χ0n) is 43.0. The fourth-order valence-corrected chi connectivity index (χ4v) is 10.2. The van der Waals surface area contributed by atoms with Crippen LogP contribution in [0.5, 0.6) is 0 Å². The van der Waals surface area contributed by atoms with Gasteiger partial charge in [-0.15, -0.1) is 0 Å². The van der Waals surface area contributed by atoms with Gasteiger partial charge in [0.25, 0.3) is 0 Å². The van der Waals surface area contributed by atoms with Crippen molar-refractivity contribution in [1.82, 2.24) is 0 Å². The molecule has 0 saturated heterocycles.